The van der Waals surface area contributed by atoms with Crippen LogP contribution in [0.15, 0.2) is 24.3 Å². The Morgan fingerprint density at radius 2 is 1.96 bits per heavy atom. The van der Waals surface area contributed by atoms with Gasteiger partial charge in [0.15, 0.2) is 0 Å². The highest BCUT2D eigenvalue weighted by atomic mass is 19.1. The molecule has 1 aromatic heterocycles. The maximum absolute atomic E-state index is 13.5. The number of hydrogen-bond acceptors (Lipinski definition) is 4. The van der Waals surface area contributed by atoms with E-state index in [9.17, 15) is 14.0 Å². The van der Waals surface area contributed by atoms with E-state index in [1.54, 1.807) is 12.1 Å². The summed E-state index contributed by atoms with van der Waals surface area (Å²) in [5.41, 5.74) is 4.15. The predicted molar refractivity (Wildman–Crippen MR) is 101 cm³/mol. The zero-order valence-corrected chi connectivity index (χ0v) is 15.8. The lowest BCUT2D eigenvalue weighted by Crippen LogP contribution is -2.15. The monoisotopic (exact) mass is 370 g/mol. The number of fused-ring (bicyclic) bond motifs is 1. The van der Waals surface area contributed by atoms with E-state index < -0.39 is 0 Å². The van der Waals surface area contributed by atoms with Crippen molar-refractivity contribution in [3.63, 3.8) is 0 Å². The highest BCUT2D eigenvalue weighted by molar-refractivity contribution is 5.93. The molecule has 1 amide bonds. The molecule has 0 bridgehead atoms. The van der Waals surface area contributed by atoms with Crippen LogP contribution in [0.3, 0.4) is 0 Å². The standard InChI is InChI=1S/C21H23FN2O3/c1-12(2)20-17(11-27-13(3)25)19(14-7-9-15(22)10-8-14)16-5-4-6-18(26)23-21(16)24-20/h7-10,12H,4-6,11H2,1-3H3,(H,23,24,26). The van der Waals surface area contributed by atoms with Crippen LogP contribution in [-0.2, 0) is 27.4 Å². The first-order valence-electron chi connectivity index (χ1n) is 9.11. The van der Waals surface area contributed by atoms with Crippen molar-refractivity contribution < 1.29 is 18.7 Å². The number of carbonyl (C=O) groups excluding carboxylic acids is 2. The van der Waals surface area contributed by atoms with Gasteiger partial charge in [-0.1, -0.05) is 26.0 Å². The molecule has 27 heavy (non-hydrogen) atoms. The predicted octanol–water partition coefficient (Wildman–Crippen LogP) is 4.35. The van der Waals surface area contributed by atoms with Crippen molar-refractivity contribution in [3.8, 4) is 11.1 Å². The van der Waals surface area contributed by atoms with E-state index in [0.29, 0.717) is 25.1 Å². The summed E-state index contributed by atoms with van der Waals surface area (Å²) in [6, 6.07) is 6.22. The summed E-state index contributed by atoms with van der Waals surface area (Å²) in [5.74, 6) is -0.156. The largest absolute Gasteiger partial charge is 0.461 e. The first-order valence-corrected chi connectivity index (χ1v) is 9.11. The van der Waals surface area contributed by atoms with Crippen molar-refractivity contribution in [2.24, 2.45) is 0 Å². The van der Waals surface area contributed by atoms with E-state index in [-0.39, 0.29) is 30.2 Å². The summed E-state index contributed by atoms with van der Waals surface area (Å²) >= 11 is 0. The van der Waals surface area contributed by atoms with Crippen LogP contribution in [0.4, 0.5) is 10.2 Å². The quantitative estimate of drug-likeness (QED) is 0.813. The normalized spacial score (nSPS) is 13.7. The highest BCUT2D eigenvalue weighted by Gasteiger charge is 2.25. The van der Waals surface area contributed by atoms with E-state index in [0.717, 1.165) is 27.9 Å². The number of nitrogens with one attached hydrogen (secondary N) is 1. The fourth-order valence-corrected chi connectivity index (χ4v) is 3.41. The molecule has 6 heteroatoms. The Morgan fingerprint density at radius 3 is 2.59 bits per heavy atom. The fraction of sp³-hybridized carbons (Fsp3) is 0.381. The third-order valence-corrected chi connectivity index (χ3v) is 4.62. The van der Waals surface area contributed by atoms with Crippen LogP contribution in [0.25, 0.3) is 11.1 Å². The number of hydrogen-bond donors (Lipinski definition) is 1. The summed E-state index contributed by atoms with van der Waals surface area (Å²) in [6.45, 7) is 5.45. The van der Waals surface area contributed by atoms with Gasteiger partial charge in [0, 0.05) is 24.5 Å². The van der Waals surface area contributed by atoms with Crippen LogP contribution in [0.2, 0.25) is 0 Å². The summed E-state index contributed by atoms with van der Waals surface area (Å²) in [4.78, 5) is 28.2. The van der Waals surface area contributed by atoms with Crippen LogP contribution < -0.4 is 5.32 Å². The van der Waals surface area contributed by atoms with Gasteiger partial charge in [0.1, 0.15) is 18.2 Å². The van der Waals surface area contributed by atoms with Crippen LogP contribution in [-0.4, -0.2) is 16.9 Å². The Balaban J connectivity index is 2.28. The van der Waals surface area contributed by atoms with Crippen molar-refractivity contribution in [2.75, 3.05) is 5.32 Å². The number of pyridine rings is 1. The number of rotatable bonds is 4. The molecule has 2 aromatic rings. The summed E-state index contributed by atoms with van der Waals surface area (Å²) < 4.78 is 18.8. The van der Waals surface area contributed by atoms with Gasteiger partial charge in [-0.05, 0) is 42.0 Å². The van der Waals surface area contributed by atoms with Gasteiger partial charge in [-0.3, -0.25) is 9.59 Å². The molecular formula is C21H23FN2O3. The second-order valence-electron chi connectivity index (χ2n) is 7.02. The van der Waals surface area contributed by atoms with Crippen LogP contribution in [0.5, 0.6) is 0 Å². The second kappa shape index (κ2) is 7.86. The minimum Gasteiger partial charge on any atom is -0.461 e. The highest BCUT2D eigenvalue weighted by Crippen LogP contribution is 2.38. The van der Waals surface area contributed by atoms with Crippen LogP contribution >= 0.6 is 0 Å². The molecule has 0 spiro atoms. The number of amides is 1. The summed E-state index contributed by atoms with van der Waals surface area (Å²) in [6.07, 6.45) is 1.79. The van der Waals surface area contributed by atoms with Gasteiger partial charge in [0.2, 0.25) is 5.91 Å². The topological polar surface area (TPSA) is 68.3 Å². The SMILES string of the molecule is CC(=O)OCc1c(C(C)C)nc2c(c1-c1ccc(F)cc1)CCCC(=O)N2. The number of aromatic nitrogens is 1. The molecule has 1 aromatic carbocycles. The van der Waals surface area contributed by atoms with Crippen LogP contribution in [0.1, 0.15) is 56.4 Å². The summed E-state index contributed by atoms with van der Waals surface area (Å²) in [7, 11) is 0. The number of carbonyl (C=O) groups is 2. The molecule has 0 aliphatic carbocycles. The Hall–Kier alpha value is -2.76. The van der Waals surface area contributed by atoms with E-state index in [1.807, 2.05) is 13.8 Å². The smallest absolute Gasteiger partial charge is 0.302 e. The zero-order chi connectivity index (χ0) is 19.6. The molecule has 1 aliphatic heterocycles. The van der Waals surface area contributed by atoms with Crippen molar-refractivity contribution >= 4 is 17.7 Å². The molecule has 0 saturated heterocycles. The fourth-order valence-electron chi connectivity index (χ4n) is 3.41. The van der Waals surface area contributed by atoms with Gasteiger partial charge >= 0.3 is 5.97 Å². The van der Waals surface area contributed by atoms with E-state index in [2.05, 4.69) is 5.32 Å². The third kappa shape index (κ3) is 4.15. The Kier molecular flexibility index (Phi) is 5.54. The van der Waals surface area contributed by atoms with Crippen molar-refractivity contribution in [1.82, 2.24) is 4.98 Å². The first kappa shape index (κ1) is 19.0. The minimum atomic E-state index is -0.377. The van der Waals surface area contributed by atoms with Gasteiger partial charge in [-0.2, -0.15) is 0 Å². The first-order chi connectivity index (χ1) is 12.9. The van der Waals surface area contributed by atoms with Crippen molar-refractivity contribution in [3.05, 3.63) is 46.9 Å². The van der Waals surface area contributed by atoms with E-state index >= 15 is 0 Å². The van der Waals surface area contributed by atoms with Crippen molar-refractivity contribution in [1.29, 1.82) is 0 Å². The molecule has 1 aliphatic rings. The average molecular weight is 370 g/mol. The van der Waals surface area contributed by atoms with E-state index in [1.165, 1.54) is 19.1 Å². The third-order valence-electron chi connectivity index (χ3n) is 4.62. The van der Waals surface area contributed by atoms with Crippen LogP contribution in [0, 0.1) is 5.82 Å². The van der Waals surface area contributed by atoms with Crippen molar-refractivity contribution in [2.45, 2.75) is 52.6 Å². The molecule has 0 saturated carbocycles. The molecule has 142 valence electrons. The molecule has 0 unspecified atom stereocenters. The van der Waals surface area contributed by atoms with Gasteiger partial charge in [-0.15, -0.1) is 0 Å². The van der Waals surface area contributed by atoms with Gasteiger partial charge in [0.25, 0.3) is 0 Å². The maximum atomic E-state index is 13.5. The Labute approximate surface area is 158 Å². The average Bonchev–Trinajstić information content (AvgIpc) is 2.80. The molecule has 2 heterocycles. The van der Waals surface area contributed by atoms with E-state index in [4.69, 9.17) is 9.72 Å². The zero-order valence-electron chi connectivity index (χ0n) is 15.8. The lowest BCUT2D eigenvalue weighted by Gasteiger charge is -2.22. The summed E-state index contributed by atoms with van der Waals surface area (Å²) in [5, 5.41) is 2.90. The van der Waals surface area contributed by atoms with Gasteiger partial charge < -0.3 is 10.1 Å². The molecule has 5 nitrogen and oxygen atoms in total. The lowest BCUT2D eigenvalue weighted by molar-refractivity contribution is -0.142. The Morgan fingerprint density at radius 1 is 1.26 bits per heavy atom. The molecule has 0 radical (unpaired) electrons. The molecule has 1 N–H and O–H groups in total. The molecule has 0 fully saturated rings. The maximum Gasteiger partial charge on any atom is 0.302 e. The number of benzene rings is 1. The minimum absolute atomic E-state index is 0.0558. The molecule has 0 atom stereocenters. The number of nitrogens with zero attached hydrogens (tertiary/aromatic N) is 1. The van der Waals surface area contributed by atoms with Gasteiger partial charge in [0.05, 0.1) is 5.69 Å². The van der Waals surface area contributed by atoms with Gasteiger partial charge in [-0.25, -0.2) is 9.37 Å². The lowest BCUT2D eigenvalue weighted by atomic mass is 9.89. The number of halogens is 1. The number of esters is 1. The second-order valence-corrected chi connectivity index (χ2v) is 7.02. The molecule has 3 rings (SSSR count). The number of anilines is 1. The Bertz CT molecular complexity index is 876. The molecular weight excluding hydrogens is 347 g/mol. The number of ether oxygens (including phenoxy) is 1.